The molecule has 2 aromatic carbocycles. The van der Waals surface area contributed by atoms with E-state index in [2.05, 4.69) is 13.0 Å². The Labute approximate surface area is 124 Å². The minimum atomic E-state index is 0.0384. The van der Waals surface area contributed by atoms with Crippen LogP contribution in [0.5, 0.6) is 0 Å². The van der Waals surface area contributed by atoms with Crippen LogP contribution in [0, 0.1) is 0 Å². The molecule has 0 bridgehead atoms. The number of amides is 1. The number of aryl methyl sites for hydroxylation is 1. The lowest BCUT2D eigenvalue weighted by atomic mass is 10.0. The molecule has 0 spiro atoms. The van der Waals surface area contributed by atoms with Gasteiger partial charge in [-0.1, -0.05) is 54.9 Å². The van der Waals surface area contributed by atoms with Crippen LogP contribution in [0.2, 0.25) is 5.02 Å². The number of carbonyl (C=O) groups is 1. The van der Waals surface area contributed by atoms with Crippen molar-refractivity contribution < 1.29 is 4.79 Å². The highest BCUT2D eigenvalue weighted by molar-refractivity contribution is 6.34. The molecule has 2 aromatic rings. The van der Waals surface area contributed by atoms with Crippen molar-refractivity contribution in [1.82, 2.24) is 4.90 Å². The summed E-state index contributed by atoms with van der Waals surface area (Å²) in [6, 6.07) is 14.0. The summed E-state index contributed by atoms with van der Waals surface area (Å²) < 4.78 is 0. The number of benzene rings is 2. The van der Waals surface area contributed by atoms with Gasteiger partial charge in [0.05, 0.1) is 10.6 Å². The molecule has 1 aliphatic rings. The zero-order chi connectivity index (χ0) is 14.1. The van der Waals surface area contributed by atoms with Crippen molar-refractivity contribution in [1.29, 1.82) is 0 Å². The zero-order valence-corrected chi connectivity index (χ0v) is 12.2. The highest BCUT2D eigenvalue weighted by Crippen LogP contribution is 2.31. The van der Waals surface area contributed by atoms with E-state index in [0.717, 1.165) is 17.5 Å². The maximum absolute atomic E-state index is 12.5. The molecule has 1 amide bonds. The van der Waals surface area contributed by atoms with E-state index in [0.29, 0.717) is 23.7 Å². The monoisotopic (exact) mass is 285 g/mol. The molecule has 0 unspecified atom stereocenters. The van der Waals surface area contributed by atoms with Crippen LogP contribution < -0.4 is 0 Å². The van der Waals surface area contributed by atoms with Crippen LogP contribution in [0.15, 0.2) is 42.5 Å². The first-order chi connectivity index (χ1) is 9.69. The lowest BCUT2D eigenvalue weighted by Crippen LogP contribution is -2.23. The summed E-state index contributed by atoms with van der Waals surface area (Å²) in [5, 5.41) is 0.583. The predicted octanol–water partition coefficient (Wildman–Crippen LogP) is 4.06. The van der Waals surface area contributed by atoms with Gasteiger partial charge in [0.15, 0.2) is 0 Å². The fourth-order valence-corrected chi connectivity index (χ4v) is 3.00. The van der Waals surface area contributed by atoms with Crippen LogP contribution in [-0.4, -0.2) is 10.8 Å². The molecule has 0 fully saturated rings. The van der Waals surface area contributed by atoms with Crippen molar-refractivity contribution in [3.05, 3.63) is 69.7 Å². The summed E-state index contributed by atoms with van der Waals surface area (Å²) in [6.45, 7) is 3.37. The molecule has 0 aromatic heterocycles. The van der Waals surface area contributed by atoms with Gasteiger partial charge < -0.3 is 4.90 Å². The molecule has 0 atom stereocenters. The van der Waals surface area contributed by atoms with Crippen molar-refractivity contribution >= 4 is 17.5 Å². The molecular formula is C17H16ClNO. The Morgan fingerprint density at radius 1 is 1.15 bits per heavy atom. The van der Waals surface area contributed by atoms with Crippen molar-refractivity contribution in [3.8, 4) is 0 Å². The maximum atomic E-state index is 12.5. The van der Waals surface area contributed by atoms with Crippen molar-refractivity contribution in [2.45, 2.75) is 26.4 Å². The number of fused-ring (bicyclic) bond motifs is 1. The predicted molar refractivity (Wildman–Crippen MR) is 80.8 cm³/mol. The van der Waals surface area contributed by atoms with Gasteiger partial charge in [0.2, 0.25) is 0 Å². The Hall–Kier alpha value is -1.80. The summed E-state index contributed by atoms with van der Waals surface area (Å²) in [7, 11) is 0. The lowest BCUT2D eigenvalue weighted by molar-refractivity contribution is 0.0767. The normalized spacial score (nSPS) is 13.7. The largest absolute Gasteiger partial charge is 0.330 e. The van der Waals surface area contributed by atoms with E-state index in [-0.39, 0.29) is 5.91 Å². The van der Waals surface area contributed by atoms with E-state index in [1.54, 1.807) is 0 Å². The second-order valence-electron chi connectivity index (χ2n) is 5.11. The SMILES string of the molecule is CCc1cc(Cl)c2c(c1)CN(Cc1ccccc1)C2=O. The van der Waals surface area contributed by atoms with E-state index < -0.39 is 0 Å². The molecule has 0 saturated heterocycles. The number of carbonyl (C=O) groups excluding carboxylic acids is 1. The van der Waals surface area contributed by atoms with Gasteiger partial charge in [-0.15, -0.1) is 0 Å². The molecule has 3 heteroatoms. The van der Waals surface area contributed by atoms with Gasteiger partial charge in [0.1, 0.15) is 0 Å². The number of hydrogen-bond acceptors (Lipinski definition) is 1. The van der Waals surface area contributed by atoms with Crippen LogP contribution in [0.1, 0.15) is 34.0 Å². The fraction of sp³-hybridized carbons (Fsp3) is 0.235. The molecule has 0 N–H and O–H groups in total. The molecule has 0 radical (unpaired) electrons. The Kier molecular flexibility index (Phi) is 3.49. The molecule has 1 heterocycles. The first kappa shape index (κ1) is 13.2. The van der Waals surface area contributed by atoms with Crippen molar-refractivity contribution in [2.75, 3.05) is 0 Å². The number of nitrogens with zero attached hydrogens (tertiary/aromatic N) is 1. The maximum Gasteiger partial charge on any atom is 0.256 e. The fourth-order valence-electron chi connectivity index (χ4n) is 2.66. The zero-order valence-electron chi connectivity index (χ0n) is 11.4. The quantitative estimate of drug-likeness (QED) is 0.833. The van der Waals surface area contributed by atoms with Crippen LogP contribution >= 0.6 is 11.6 Å². The molecule has 1 aliphatic heterocycles. The molecule has 0 saturated carbocycles. The minimum absolute atomic E-state index is 0.0384. The standard InChI is InChI=1S/C17H16ClNO/c1-2-12-8-14-11-19(10-13-6-4-3-5-7-13)17(20)16(14)15(18)9-12/h3-9H,2,10-11H2,1H3. The third kappa shape index (κ3) is 2.32. The first-order valence-corrected chi connectivity index (χ1v) is 7.21. The topological polar surface area (TPSA) is 20.3 Å². The Morgan fingerprint density at radius 3 is 2.60 bits per heavy atom. The number of rotatable bonds is 3. The smallest absolute Gasteiger partial charge is 0.256 e. The second kappa shape index (κ2) is 5.29. The van der Waals surface area contributed by atoms with Gasteiger partial charge in [0.25, 0.3) is 5.91 Å². The molecule has 20 heavy (non-hydrogen) atoms. The van der Waals surface area contributed by atoms with E-state index >= 15 is 0 Å². The van der Waals surface area contributed by atoms with Gasteiger partial charge in [-0.05, 0) is 29.2 Å². The van der Waals surface area contributed by atoms with E-state index in [9.17, 15) is 4.79 Å². The van der Waals surface area contributed by atoms with Crippen molar-refractivity contribution in [3.63, 3.8) is 0 Å². The van der Waals surface area contributed by atoms with Gasteiger partial charge in [-0.3, -0.25) is 4.79 Å². The summed E-state index contributed by atoms with van der Waals surface area (Å²) >= 11 is 6.27. The van der Waals surface area contributed by atoms with E-state index in [4.69, 9.17) is 11.6 Å². The summed E-state index contributed by atoms with van der Waals surface area (Å²) in [5.41, 5.74) is 4.05. The molecule has 102 valence electrons. The highest BCUT2D eigenvalue weighted by Gasteiger charge is 2.29. The third-order valence-electron chi connectivity index (χ3n) is 3.72. The molecule has 0 aliphatic carbocycles. The third-order valence-corrected chi connectivity index (χ3v) is 4.02. The Bertz CT molecular complexity index is 652. The number of hydrogen-bond donors (Lipinski definition) is 0. The van der Waals surface area contributed by atoms with Crippen LogP contribution in [0.4, 0.5) is 0 Å². The summed E-state index contributed by atoms with van der Waals surface area (Å²) in [5.74, 6) is 0.0384. The molecular weight excluding hydrogens is 270 g/mol. The average Bonchev–Trinajstić information content (AvgIpc) is 2.76. The first-order valence-electron chi connectivity index (χ1n) is 6.83. The van der Waals surface area contributed by atoms with Gasteiger partial charge in [0, 0.05) is 13.1 Å². The van der Waals surface area contributed by atoms with Crippen molar-refractivity contribution in [2.24, 2.45) is 0 Å². The van der Waals surface area contributed by atoms with E-state index in [1.807, 2.05) is 41.3 Å². The minimum Gasteiger partial charge on any atom is -0.330 e. The summed E-state index contributed by atoms with van der Waals surface area (Å²) in [4.78, 5) is 14.3. The Morgan fingerprint density at radius 2 is 1.90 bits per heavy atom. The average molecular weight is 286 g/mol. The lowest BCUT2D eigenvalue weighted by Gasteiger charge is -2.15. The van der Waals surface area contributed by atoms with Crippen LogP contribution in [0.3, 0.4) is 0 Å². The van der Waals surface area contributed by atoms with Gasteiger partial charge in [-0.25, -0.2) is 0 Å². The second-order valence-corrected chi connectivity index (χ2v) is 5.52. The van der Waals surface area contributed by atoms with Gasteiger partial charge in [-0.2, -0.15) is 0 Å². The van der Waals surface area contributed by atoms with Crippen LogP contribution in [0.25, 0.3) is 0 Å². The number of halogens is 1. The molecule has 3 rings (SSSR count). The Balaban J connectivity index is 1.89. The van der Waals surface area contributed by atoms with E-state index in [1.165, 1.54) is 5.56 Å². The van der Waals surface area contributed by atoms with Crippen LogP contribution in [-0.2, 0) is 19.5 Å². The summed E-state index contributed by atoms with van der Waals surface area (Å²) in [6.07, 6.45) is 0.930. The highest BCUT2D eigenvalue weighted by atomic mass is 35.5. The molecule has 2 nitrogen and oxygen atoms in total. The van der Waals surface area contributed by atoms with Gasteiger partial charge >= 0.3 is 0 Å².